The van der Waals surface area contributed by atoms with Crippen LogP contribution in [0.1, 0.15) is 45.4 Å². The van der Waals surface area contributed by atoms with Crippen molar-refractivity contribution in [1.82, 2.24) is 0 Å². The lowest BCUT2D eigenvalue weighted by atomic mass is 9.75. The van der Waals surface area contributed by atoms with Gasteiger partial charge >= 0.3 is 5.97 Å². The van der Waals surface area contributed by atoms with Crippen molar-refractivity contribution < 1.29 is 9.53 Å². The number of carbonyl (C=O) groups is 1. The number of hydrogen-bond acceptors (Lipinski definition) is 3. The van der Waals surface area contributed by atoms with Gasteiger partial charge in [-0.15, -0.1) is 0 Å². The quantitative estimate of drug-likeness (QED) is 0.591. The molecule has 1 N–H and O–H groups in total. The lowest BCUT2D eigenvalue weighted by molar-refractivity contribution is 0.0598. The van der Waals surface area contributed by atoms with E-state index in [2.05, 4.69) is 30.5 Å². The Hall–Kier alpha value is -2.26. The van der Waals surface area contributed by atoms with Crippen molar-refractivity contribution >= 4 is 23.3 Å². The molecule has 2 aromatic rings. The summed E-state index contributed by atoms with van der Waals surface area (Å²) in [7, 11) is 1.43. The zero-order valence-corrected chi connectivity index (χ0v) is 15.0. The predicted molar refractivity (Wildman–Crippen MR) is 100 cm³/mol. The van der Waals surface area contributed by atoms with Crippen LogP contribution in [0.2, 0.25) is 5.02 Å². The number of nitrogens with one attached hydrogen (secondary N) is 1. The summed E-state index contributed by atoms with van der Waals surface area (Å²) < 4.78 is 5.01. The minimum atomic E-state index is -0.279. The maximum Gasteiger partial charge on any atom is 0.338 e. The highest BCUT2D eigenvalue weighted by atomic mass is 35.5. The second-order valence-electron chi connectivity index (χ2n) is 6.74. The van der Waals surface area contributed by atoms with Crippen LogP contribution in [-0.4, -0.2) is 13.1 Å². The van der Waals surface area contributed by atoms with Gasteiger partial charge in [0.2, 0.25) is 0 Å². The first-order valence-electron chi connectivity index (χ1n) is 8.50. The van der Waals surface area contributed by atoms with Crippen LogP contribution in [0, 0.1) is 12.8 Å². The van der Waals surface area contributed by atoms with Crippen LogP contribution >= 0.6 is 11.6 Å². The maximum atomic E-state index is 12.3. The SMILES string of the molecule is COC(=O)c1ccc(C)c2c1[C@@H]1C=CC[C@H]1[C@@H](c1cccc(Cl)c1)N2. The predicted octanol–water partition coefficient (Wildman–Crippen LogP) is 5.26. The molecule has 0 aromatic heterocycles. The third-order valence-corrected chi connectivity index (χ3v) is 5.58. The van der Waals surface area contributed by atoms with Gasteiger partial charge in [0.25, 0.3) is 0 Å². The van der Waals surface area contributed by atoms with Crippen molar-refractivity contribution in [3.8, 4) is 0 Å². The van der Waals surface area contributed by atoms with Crippen molar-refractivity contribution in [3.05, 3.63) is 75.8 Å². The minimum Gasteiger partial charge on any atom is -0.465 e. The molecule has 1 aliphatic carbocycles. The molecule has 0 spiro atoms. The summed E-state index contributed by atoms with van der Waals surface area (Å²) in [5.74, 6) is 0.281. The number of methoxy groups -OCH3 is 1. The molecule has 0 saturated heterocycles. The summed E-state index contributed by atoms with van der Waals surface area (Å²) in [5.41, 5.74) is 5.07. The molecule has 4 heteroatoms. The molecule has 0 radical (unpaired) electrons. The van der Waals surface area contributed by atoms with Crippen molar-refractivity contribution in [2.45, 2.75) is 25.3 Å². The third-order valence-electron chi connectivity index (χ3n) is 5.34. The Kier molecular flexibility index (Phi) is 4.04. The number of hydrogen-bond donors (Lipinski definition) is 1. The van der Waals surface area contributed by atoms with Gasteiger partial charge in [-0.3, -0.25) is 0 Å². The van der Waals surface area contributed by atoms with E-state index in [1.165, 1.54) is 12.7 Å². The zero-order chi connectivity index (χ0) is 17.6. The number of aryl methyl sites for hydroxylation is 1. The monoisotopic (exact) mass is 353 g/mol. The van der Waals surface area contributed by atoms with Crippen LogP contribution in [0.5, 0.6) is 0 Å². The van der Waals surface area contributed by atoms with Crippen molar-refractivity contribution in [1.29, 1.82) is 0 Å². The van der Waals surface area contributed by atoms with Gasteiger partial charge in [-0.25, -0.2) is 4.79 Å². The molecule has 0 unspecified atom stereocenters. The molecule has 2 aromatic carbocycles. The smallest absolute Gasteiger partial charge is 0.338 e. The van der Waals surface area contributed by atoms with E-state index in [1.807, 2.05) is 30.3 Å². The van der Waals surface area contributed by atoms with Crippen LogP contribution in [0.15, 0.2) is 48.6 Å². The molecule has 1 heterocycles. The summed E-state index contributed by atoms with van der Waals surface area (Å²) >= 11 is 6.22. The Morgan fingerprint density at radius 2 is 2.12 bits per heavy atom. The largest absolute Gasteiger partial charge is 0.465 e. The Morgan fingerprint density at radius 1 is 1.28 bits per heavy atom. The topological polar surface area (TPSA) is 38.3 Å². The molecule has 25 heavy (non-hydrogen) atoms. The van der Waals surface area contributed by atoms with Crippen LogP contribution in [-0.2, 0) is 4.74 Å². The van der Waals surface area contributed by atoms with E-state index >= 15 is 0 Å². The summed E-state index contributed by atoms with van der Waals surface area (Å²) in [4.78, 5) is 12.3. The van der Waals surface area contributed by atoms with E-state index < -0.39 is 0 Å². The van der Waals surface area contributed by atoms with E-state index in [0.717, 1.165) is 28.3 Å². The Morgan fingerprint density at radius 3 is 2.88 bits per heavy atom. The normalized spacial score (nSPS) is 23.6. The molecule has 0 saturated carbocycles. The lowest BCUT2D eigenvalue weighted by Crippen LogP contribution is -2.31. The number of anilines is 1. The molecule has 0 amide bonds. The second kappa shape index (κ2) is 6.23. The fourth-order valence-corrected chi connectivity index (χ4v) is 4.37. The molecule has 3 atom stereocenters. The number of esters is 1. The van der Waals surface area contributed by atoms with Gasteiger partial charge in [-0.2, -0.15) is 0 Å². The van der Waals surface area contributed by atoms with Crippen molar-refractivity contribution in [2.75, 3.05) is 12.4 Å². The standard InChI is InChI=1S/C21H20ClNO2/c1-12-9-10-17(21(24)25-2)18-15-7-4-8-16(15)20(23-19(12)18)13-5-3-6-14(22)11-13/h3-7,9-11,15-16,20,23H,8H2,1-2H3/t15-,16-,20-/m1/s1. The first-order chi connectivity index (χ1) is 12.1. The first-order valence-corrected chi connectivity index (χ1v) is 8.88. The number of allylic oxidation sites excluding steroid dienone is 2. The summed E-state index contributed by atoms with van der Waals surface area (Å²) in [6.45, 7) is 2.07. The summed E-state index contributed by atoms with van der Waals surface area (Å²) in [5, 5.41) is 4.44. The first kappa shape index (κ1) is 16.2. The average molecular weight is 354 g/mol. The minimum absolute atomic E-state index is 0.165. The van der Waals surface area contributed by atoms with Gasteiger partial charge in [0.1, 0.15) is 0 Å². The zero-order valence-electron chi connectivity index (χ0n) is 14.3. The molecule has 128 valence electrons. The van der Waals surface area contributed by atoms with E-state index in [0.29, 0.717) is 11.5 Å². The maximum absolute atomic E-state index is 12.3. The van der Waals surface area contributed by atoms with Crippen LogP contribution < -0.4 is 5.32 Å². The van der Waals surface area contributed by atoms with Gasteiger partial charge in [0.05, 0.1) is 18.7 Å². The number of halogens is 1. The van der Waals surface area contributed by atoms with E-state index in [-0.39, 0.29) is 17.9 Å². The Bertz CT molecular complexity index is 874. The summed E-state index contributed by atoms with van der Waals surface area (Å²) in [6.07, 6.45) is 5.42. The second-order valence-corrected chi connectivity index (χ2v) is 7.18. The number of rotatable bonds is 2. The third kappa shape index (κ3) is 2.63. The molecule has 4 rings (SSSR count). The fourth-order valence-electron chi connectivity index (χ4n) is 4.17. The van der Waals surface area contributed by atoms with Gasteiger partial charge in [0.15, 0.2) is 0 Å². The highest BCUT2D eigenvalue weighted by Gasteiger charge is 2.40. The molecule has 3 nitrogen and oxygen atoms in total. The van der Waals surface area contributed by atoms with E-state index in [4.69, 9.17) is 16.3 Å². The van der Waals surface area contributed by atoms with Crippen LogP contribution in [0.3, 0.4) is 0 Å². The van der Waals surface area contributed by atoms with E-state index in [1.54, 1.807) is 0 Å². The Labute approximate surface area is 152 Å². The van der Waals surface area contributed by atoms with Gasteiger partial charge in [0, 0.05) is 16.6 Å². The molecule has 0 fully saturated rings. The van der Waals surface area contributed by atoms with Crippen molar-refractivity contribution in [2.24, 2.45) is 5.92 Å². The number of benzene rings is 2. The van der Waals surface area contributed by atoms with Crippen molar-refractivity contribution in [3.63, 3.8) is 0 Å². The van der Waals surface area contributed by atoms with Gasteiger partial charge in [-0.1, -0.05) is 42.0 Å². The molecule has 0 bridgehead atoms. The average Bonchev–Trinajstić information content (AvgIpc) is 3.10. The number of ether oxygens (including phenoxy) is 1. The molecule has 1 aliphatic heterocycles. The molecular weight excluding hydrogens is 334 g/mol. The fraction of sp³-hybridized carbons (Fsp3) is 0.286. The lowest BCUT2D eigenvalue weighted by Gasteiger charge is -2.39. The molecular formula is C21H20ClNO2. The van der Waals surface area contributed by atoms with Gasteiger partial charge < -0.3 is 10.1 Å². The Balaban J connectivity index is 1.87. The highest BCUT2D eigenvalue weighted by molar-refractivity contribution is 6.30. The molecule has 2 aliphatic rings. The summed E-state index contributed by atoms with van der Waals surface area (Å²) in [6, 6.07) is 12.0. The van der Waals surface area contributed by atoms with E-state index in [9.17, 15) is 4.79 Å². The van der Waals surface area contributed by atoms with Crippen LogP contribution in [0.4, 0.5) is 5.69 Å². The highest BCUT2D eigenvalue weighted by Crippen LogP contribution is 2.51. The van der Waals surface area contributed by atoms with Crippen LogP contribution in [0.25, 0.3) is 0 Å². The number of fused-ring (bicyclic) bond motifs is 3. The number of carbonyl (C=O) groups excluding carboxylic acids is 1. The van der Waals surface area contributed by atoms with Gasteiger partial charge in [-0.05, 0) is 54.2 Å².